The van der Waals surface area contributed by atoms with Gasteiger partial charge in [0.15, 0.2) is 0 Å². The molecule has 1 aromatic heterocycles. The van der Waals surface area contributed by atoms with Crippen LogP contribution >= 0.6 is 11.6 Å². The molecule has 1 saturated carbocycles. The lowest BCUT2D eigenvalue weighted by Crippen LogP contribution is -2.05. The van der Waals surface area contributed by atoms with E-state index in [-0.39, 0.29) is 0 Å². The SMILES string of the molecule is ClC1CCCCC(c2cccc3cccnc23)C1. The van der Waals surface area contributed by atoms with Crippen LogP contribution in [0.5, 0.6) is 0 Å². The summed E-state index contributed by atoms with van der Waals surface area (Å²) in [5, 5.41) is 1.57. The predicted octanol–water partition coefficient (Wildman–Crippen LogP) is 4.89. The molecule has 18 heavy (non-hydrogen) atoms. The van der Waals surface area contributed by atoms with Crippen LogP contribution in [-0.2, 0) is 0 Å². The Bertz CT molecular complexity index is 532. The van der Waals surface area contributed by atoms with Gasteiger partial charge in [-0.3, -0.25) is 4.98 Å². The summed E-state index contributed by atoms with van der Waals surface area (Å²) in [7, 11) is 0. The molecule has 94 valence electrons. The van der Waals surface area contributed by atoms with Gasteiger partial charge in [0, 0.05) is 17.0 Å². The Morgan fingerprint density at radius 3 is 2.83 bits per heavy atom. The second kappa shape index (κ2) is 5.27. The lowest BCUT2D eigenvalue weighted by Gasteiger charge is -2.18. The van der Waals surface area contributed by atoms with Crippen molar-refractivity contribution < 1.29 is 0 Å². The highest BCUT2D eigenvalue weighted by atomic mass is 35.5. The molecule has 0 bridgehead atoms. The van der Waals surface area contributed by atoms with Crippen LogP contribution in [0.1, 0.15) is 43.6 Å². The molecule has 2 aromatic rings. The number of halogens is 1. The number of alkyl halides is 1. The average molecular weight is 260 g/mol. The van der Waals surface area contributed by atoms with Crippen molar-refractivity contribution in [2.45, 2.75) is 43.4 Å². The number of benzene rings is 1. The van der Waals surface area contributed by atoms with Crippen LogP contribution in [0.3, 0.4) is 0 Å². The number of fused-ring (bicyclic) bond motifs is 1. The second-order valence-corrected chi connectivity index (χ2v) is 5.85. The third-order valence-corrected chi connectivity index (χ3v) is 4.36. The number of nitrogens with zero attached hydrogens (tertiary/aromatic N) is 1. The first-order chi connectivity index (χ1) is 8.84. The number of pyridine rings is 1. The predicted molar refractivity (Wildman–Crippen MR) is 77.2 cm³/mol. The summed E-state index contributed by atoms with van der Waals surface area (Å²) in [6.07, 6.45) is 7.95. The molecule has 1 aliphatic carbocycles. The highest BCUT2D eigenvalue weighted by Gasteiger charge is 2.21. The Morgan fingerprint density at radius 1 is 1.06 bits per heavy atom. The summed E-state index contributed by atoms with van der Waals surface area (Å²) in [4.78, 5) is 4.57. The first-order valence-corrected chi connectivity index (χ1v) is 7.26. The topological polar surface area (TPSA) is 12.9 Å². The lowest BCUT2D eigenvalue weighted by molar-refractivity contribution is 0.598. The summed E-state index contributed by atoms with van der Waals surface area (Å²) in [6, 6.07) is 10.7. The highest BCUT2D eigenvalue weighted by molar-refractivity contribution is 6.20. The second-order valence-electron chi connectivity index (χ2n) is 5.24. The van der Waals surface area contributed by atoms with Gasteiger partial charge in [-0.05, 0) is 36.8 Å². The van der Waals surface area contributed by atoms with Crippen molar-refractivity contribution >= 4 is 22.5 Å². The normalized spacial score (nSPS) is 24.9. The van der Waals surface area contributed by atoms with Crippen molar-refractivity contribution in [1.29, 1.82) is 0 Å². The average Bonchev–Trinajstić information content (AvgIpc) is 2.63. The highest BCUT2D eigenvalue weighted by Crippen LogP contribution is 2.36. The van der Waals surface area contributed by atoms with Gasteiger partial charge in [-0.15, -0.1) is 11.6 Å². The van der Waals surface area contributed by atoms with E-state index >= 15 is 0 Å². The number of aromatic nitrogens is 1. The number of hydrogen-bond donors (Lipinski definition) is 0. The van der Waals surface area contributed by atoms with Crippen LogP contribution in [0.15, 0.2) is 36.5 Å². The molecule has 0 saturated heterocycles. The summed E-state index contributed by atoms with van der Waals surface area (Å²) in [5.74, 6) is 0.577. The van der Waals surface area contributed by atoms with E-state index in [1.807, 2.05) is 12.3 Å². The van der Waals surface area contributed by atoms with Gasteiger partial charge in [-0.2, -0.15) is 0 Å². The molecular formula is C16H18ClN. The molecule has 0 radical (unpaired) electrons. The van der Waals surface area contributed by atoms with E-state index in [4.69, 9.17) is 11.6 Å². The van der Waals surface area contributed by atoms with Gasteiger partial charge in [-0.1, -0.05) is 37.1 Å². The minimum atomic E-state index is 0.330. The van der Waals surface area contributed by atoms with Crippen LogP contribution in [-0.4, -0.2) is 10.4 Å². The smallest absolute Gasteiger partial charge is 0.0736 e. The largest absolute Gasteiger partial charge is 0.256 e. The van der Waals surface area contributed by atoms with Crippen LogP contribution < -0.4 is 0 Å². The van der Waals surface area contributed by atoms with Crippen molar-refractivity contribution in [2.24, 2.45) is 0 Å². The van der Waals surface area contributed by atoms with E-state index in [2.05, 4.69) is 29.2 Å². The van der Waals surface area contributed by atoms with Gasteiger partial charge in [0.05, 0.1) is 5.52 Å². The maximum atomic E-state index is 6.40. The first kappa shape index (κ1) is 12.0. The fraction of sp³-hybridized carbons (Fsp3) is 0.438. The third-order valence-electron chi connectivity index (χ3n) is 3.96. The van der Waals surface area contributed by atoms with Crippen molar-refractivity contribution in [2.75, 3.05) is 0 Å². The molecule has 1 heterocycles. The molecule has 0 aliphatic heterocycles. The van der Waals surface area contributed by atoms with Gasteiger partial charge in [0.2, 0.25) is 0 Å². The zero-order valence-electron chi connectivity index (χ0n) is 10.5. The van der Waals surface area contributed by atoms with Gasteiger partial charge < -0.3 is 0 Å². The molecule has 0 spiro atoms. The summed E-state index contributed by atoms with van der Waals surface area (Å²) in [5.41, 5.74) is 2.55. The molecule has 2 heteroatoms. The van der Waals surface area contributed by atoms with Crippen molar-refractivity contribution in [1.82, 2.24) is 4.98 Å². The molecule has 3 rings (SSSR count). The number of rotatable bonds is 1. The van der Waals surface area contributed by atoms with Gasteiger partial charge in [0.25, 0.3) is 0 Å². The Balaban J connectivity index is 2.02. The van der Waals surface area contributed by atoms with Crippen molar-refractivity contribution in [3.8, 4) is 0 Å². The molecule has 1 aliphatic rings. The first-order valence-electron chi connectivity index (χ1n) is 6.82. The van der Waals surface area contributed by atoms with E-state index in [9.17, 15) is 0 Å². The van der Waals surface area contributed by atoms with Crippen LogP contribution in [0.4, 0.5) is 0 Å². The zero-order chi connectivity index (χ0) is 12.4. The molecule has 0 N–H and O–H groups in total. The summed E-state index contributed by atoms with van der Waals surface area (Å²) in [6.45, 7) is 0. The Kier molecular flexibility index (Phi) is 3.51. The van der Waals surface area contributed by atoms with Crippen molar-refractivity contribution in [3.63, 3.8) is 0 Å². The zero-order valence-corrected chi connectivity index (χ0v) is 11.2. The van der Waals surface area contributed by atoms with E-state index in [1.54, 1.807) is 0 Å². The van der Waals surface area contributed by atoms with Crippen LogP contribution in [0.2, 0.25) is 0 Å². The maximum absolute atomic E-state index is 6.40. The number of hydrogen-bond acceptors (Lipinski definition) is 1. The van der Waals surface area contributed by atoms with E-state index < -0.39 is 0 Å². The van der Waals surface area contributed by atoms with Crippen molar-refractivity contribution in [3.05, 3.63) is 42.1 Å². The fourth-order valence-electron chi connectivity index (χ4n) is 3.04. The van der Waals surface area contributed by atoms with E-state index in [0.29, 0.717) is 11.3 Å². The summed E-state index contributed by atoms with van der Waals surface area (Å²) < 4.78 is 0. The monoisotopic (exact) mass is 259 g/mol. The molecule has 1 aromatic carbocycles. The standard InChI is InChI=1S/C16H18ClN/c17-14-8-2-1-5-13(11-14)15-9-3-6-12-7-4-10-18-16(12)15/h3-4,6-7,9-10,13-14H,1-2,5,8,11H2. The van der Waals surface area contributed by atoms with E-state index in [1.165, 1.54) is 30.2 Å². The Hall–Kier alpha value is -1.08. The summed E-state index contributed by atoms with van der Waals surface area (Å²) >= 11 is 6.40. The van der Waals surface area contributed by atoms with Gasteiger partial charge >= 0.3 is 0 Å². The minimum Gasteiger partial charge on any atom is -0.256 e. The molecule has 2 atom stereocenters. The quantitative estimate of drug-likeness (QED) is 0.525. The molecule has 1 nitrogen and oxygen atoms in total. The van der Waals surface area contributed by atoms with E-state index in [0.717, 1.165) is 18.4 Å². The van der Waals surface area contributed by atoms with Crippen LogP contribution in [0.25, 0.3) is 10.9 Å². The molecule has 0 amide bonds. The Labute approximate surface area is 113 Å². The van der Waals surface area contributed by atoms with Gasteiger partial charge in [-0.25, -0.2) is 0 Å². The third kappa shape index (κ3) is 2.37. The maximum Gasteiger partial charge on any atom is 0.0736 e. The van der Waals surface area contributed by atoms with Crippen LogP contribution in [0, 0.1) is 0 Å². The number of para-hydroxylation sites is 1. The van der Waals surface area contributed by atoms with Gasteiger partial charge in [0.1, 0.15) is 0 Å². The molecular weight excluding hydrogens is 242 g/mol. The minimum absolute atomic E-state index is 0.330. The Morgan fingerprint density at radius 2 is 1.89 bits per heavy atom. The fourth-order valence-corrected chi connectivity index (χ4v) is 3.41. The molecule has 2 unspecified atom stereocenters. The lowest BCUT2D eigenvalue weighted by atomic mass is 9.90. The molecule has 1 fully saturated rings.